The summed E-state index contributed by atoms with van der Waals surface area (Å²) < 4.78 is 33.5. The molecule has 36 heavy (non-hydrogen) atoms. The summed E-state index contributed by atoms with van der Waals surface area (Å²) in [6.45, 7) is 7.51. The minimum absolute atomic E-state index is 0.0104. The van der Waals surface area contributed by atoms with Crippen LogP contribution < -0.4 is 10.6 Å². The van der Waals surface area contributed by atoms with Crippen molar-refractivity contribution in [1.82, 2.24) is 15.5 Å². The molecule has 2 saturated heterocycles. The largest absolute Gasteiger partial charge is 0.389 e. The van der Waals surface area contributed by atoms with Gasteiger partial charge >= 0.3 is 0 Å². The molecule has 2 aliphatic rings. The second kappa shape index (κ2) is 13.4. The summed E-state index contributed by atoms with van der Waals surface area (Å²) in [6, 6.07) is 1.33. The second-order valence-electron chi connectivity index (χ2n) is 10.2. The number of ether oxygens (including phenoxy) is 1. The van der Waals surface area contributed by atoms with Gasteiger partial charge in [-0.1, -0.05) is 26.7 Å². The van der Waals surface area contributed by atoms with Gasteiger partial charge in [0.2, 0.25) is 11.8 Å². The third-order valence-corrected chi connectivity index (χ3v) is 7.32. The average molecular weight is 510 g/mol. The summed E-state index contributed by atoms with van der Waals surface area (Å²) in [5.41, 5.74) is 0.332. The van der Waals surface area contributed by atoms with Crippen LogP contribution >= 0.6 is 0 Å². The van der Waals surface area contributed by atoms with E-state index in [4.69, 9.17) is 4.74 Å². The topological polar surface area (TPSA) is 90.9 Å². The summed E-state index contributed by atoms with van der Waals surface area (Å²) in [5.74, 6) is -1.89. The van der Waals surface area contributed by atoms with E-state index in [1.165, 1.54) is 12.1 Å². The van der Waals surface area contributed by atoms with Crippen LogP contribution in [-0.2, 0) is 20.7 Å². The molecule has 1 aromatic rings. The first kappa shape index (κ1) is 28.5. The van der Waals surface area contributed by atoms with E-state index in [0.717, 1.165) is 38.2 Å². The number of aliphatic hydroxyl groups is 1. The molecule has 1 aromatic carbocycles. The Kier molecular flexibility index (Phi) is 10.6. The maximum atomic E-state index is 13.9. The van der Waals surface area contributed by atoms with Gasteiger partial charge in [-0.2, -0.15) is 0 Å². The van der Waals surface area contributed by atoms with Crippen molar-refractivity contribution >= 4 is 11.8 Å². The summed E-state index contributed by atoms with van der Waals surface area (Å²) in [5, 5.41) is 17.4. The van der Waals surface area contributed by atoms with Gasteiger partial charge < -0.3 is 25.4 Å². The monoisotopic (exact) mass is 509 g/mol. The van der Waals surface area contributed by atoms with Crippen LogP contribution in [0.5, 0.6) is 0 Å². The molecule has 3 N–H and O–H groups in total. The molecule has 2 aliphatic heterocycles. The predicted molar refractivity (Wildman–Crippen MR) is 133 cm³/mol. The Hall–Kier alpha value is -2.10. The number of likely N-dealkylation sites (tertiary alicyclic amines) is 1. The van der Waals surface area contributed by atoms with Crippen molar-refractivity contribution in [2.75, 3.05) is 19.7 Å². The quantitative estimate of drug-likeness (QED) is 0.380. The number of amides is 2. The number of nitrogens with zero attached hydrogens (tertiary/aromatic N) is 1. The zero-order chi connectivity index (χ0) is 26.2. The molecule has 2 heterocycles. The van der Waals surface area contributed by atoms with Crippen molar-refractivity contribution in [2.24, 2.45) is 5.92 Å². The normalized spacial score (nSPS) is 24.7. The first-order valence-corrected chi connectivity index (χ1v) is 13.3. The Morgan fingerprint density at radius 3 is 2.64 bits per heavy atom. The lowest BCUT2D eigenvalue weighted by atomic mass is 9.94. The molecule has 9 heteroatoms. The molecule has 0 radical (unpaired) electrons. The van der Waals surface area contributed by atoms with Crippen molar-refractivity contribution in [1.29, 1.82) is 0 Å². The van der Waals surface area contributed by atoms with Crippen LogP contribution in [0.3, 0.4) is 0 Å². The summed E-state index contributed by atoms with van der Waals surface area (Å²) in [6.07, 6.45) is 3.96. The second-order valence-corrected chi connectivity index (χ2v) is 10.2. The highest BCUT2D eigenvalue weighted by Crippen LogP contribution is 2.25. The van der Waals surface area contributed by atoms with E-state index in [1.54, 1.807) is 11.8 Å². The van der Waals surface area contributed by atoms with Crippen LogP contribution in [0.25, 0.3) is 0 Å². The van der Waals surface area contributed by atoms with Gasteiger partial charge in [-0.3, -0.25) is 9.59 Å². The lowest BCUT2D eigenvalue weighted by molar-refractivity contribution is -0.139. The molecule has 2 amide bonds. The van der Waals surface area contributed by atoms with Crippen LogP contribution in [0.2, 0.25) is 0 Å². The Balaban J connectivity index is 1.71. The van der Waals surface area contributed by atoms with Crippen LogP contribution in [0.4, 0.5) is 8.78 Å². The lowest BCUT2D eigenvalue weighted by Crippen LogP contribution is -2.56. The van der Waals surface area contributed by atoms with E-state index >= 15 is 0 Å². The van der Waals surface area contributed by atoms with Gasteiger partial charge in [-0.15, -0.1) is 0 Å². The number of benzene rings is 1. The minimum atomic E-state index is -1.02. The van der Waals surface area contributed by atoms with Gasteiger partial charge in [-0.25, -0.2) is 8.78 Å². The molecule has 0 spiro atoms. The molecule has 0 aliphatic carbocycles. The molecule has 0 unspecified atom stereocenters. The molecule has 0 aromatic heterocycles. The van der Waals surface area contributed by atoms with Gasteiger partial charge in [0.15, 0.2) is 0 Å². The van der Waals surface area contributed by atoms with Gasteiger partial charge in [0, 0.05) is 37.7 Å². The fourth-order valence-electron chi connectivity index (χ4n) is 5.24. The lowest BCUT2D eigenvalue weighted by Gasteiger charge is -2.31. The Bertz CT molecular complexity index is 866. The Labute approximate surface area is 213 Å². The maximum Gasteiger partial charge on any atom is 0.242 e. The summed E-state index contributed by atoms with van der Waals surface area (Å²) >= 11 is 0. The number of hydrogen-bond acceptors (Lipinski definition) is 5. The van der Waals surface area contributed by atoms with E-state index in [9.17, 15) is 23.5 Å². The minimum Gasteiger partial charge on any atom is -0.389 e. The SMILES string of the molecule is CCCC[C@H]1CCN([C@@H](C)C(=O)N[C@@H](Cc2cc(F)cc(F)c2)[C@H](O)[C@H]2C[C@@H](OCCC)CN2)C1=O. The first-order valence-electron chi connectivity index (χ1n) is 13.3. The fraction of sp³-hybridized carbons (Fsp3) is 0.704. The van der Waals surface area contributed by atoms with Gasteiger partial charge in [0.05, 0.1) is 18.2 Å². The number of unbranched alkanes of at least 4 members (excludes halogenated alkanes) is 1. The molecule has 3 rings (SSSR count). The summed E-state index contributed by atoms with van der Waals surface area (Å²) in [4.78, 5) is 27.7. The van der Waals surface area contributed by atoms with Crippen molar-refractivity contribution < 1.29 is 28.2 Å². The van der Waals surface area contributed by atoms with Gasteiger partial charge in [0.25, 0.3) is 0 Å². The number of carbonyl (C=O) groups is 2. The number of hydrogen-bond donors (Lipinski definition) is 3. The zero-order valence-corrected chi connectivity index (χ0v) is 21.6. The maximum absolute atomic E-state index is 13.9. The van der Waals surface area contributed by atoms with E-state index < -0.39 is 35.7 Å². The number of rotatable bonds is 13. The van der Waals surface area contributed by atoms with Crippen LogP contribution in [0, 0.1) is 17.6 Å². The molecule has 0 bridgehead atoms. The van der Waals surface area contributed by atoms with Crippen LogP contribution in [-0.4, -0.2) is 71.9 Å². The van der Waals surface area contributed by atoms with E-state index in [-0.39, 0.29) is 30.4 Å². The standard InChI is InChI=1S/C27H41F2N3O4/c1-4-6-7-19-8-9-32(27(19)35)17(3)26(34)31-24(13-18-11-20(28)14-21(29)12-18)25(33)23-15-22(16-30-23)36-10-5-2/h11-12,14,17,19,22-25,30,33H,4-10,13,15-16H2,1-3H3,(H,31,34)/t17-,19-,22+,23+,24-,25+/m0/s1. The number of halogens is 2. The number of nitrogens with one attached hydrogen (secondary N) is 2. The molecule has 0 saturated carbocycles. The highest BCUT2D eigenvalue weighted by molar-refractivity contribution is 5.89. The molecular formula is C27H41F2N3O4. The smallest absolute Gasteiger partial charge is 0.242 e. The Morgan fingerprint density at radius 2 is 1.97 bits per heavy atom. The highest BCUT2D eigenvalue weighted by Gasteiger charge is 2.39. The van der Waals surface area contributed by atoms with E-state index in [0.29, 0.717) is 31.7 Å². The van der Waals surface area contributed by atoms with Gasteiger partial charge in [-0.05, 0) is 56.7 Å². The highest BCUT2D eigenvalue weighted by atomic mass is 19.1. The molecule has 202 valence electrons. The van der Waals surface area contributed by atoms with Gasteiger partial charge in [0.1, 0.15) is 17.7 Å². The third kappa shape index (κ3) is 7.46. The summed E-state index contributed by atoms with van der Waals surface area (Å²) in [7, 11) is 0. The first-order chi connectivity index (χ1) is 17.2. The van der Waals surface area contributed by atoms with E-state index in [1.807, 2.05) is 6.92 Å². The van der Waals surface area contributed by atoms with Crippen molar-refractivity contribution in [3.8, 4) is 0 Å². The third-order valence-electron chi connectivity index (χ3n) is 7.32. The van der Waals surface area contributed by atoms with Crippen LogP contribution in [0.15, 0.2) is 18.2 Å². The number of aliphatic hydroxyl groups excluding tert-OH is 1. The fourth-order valence-corrected chi connectivity index (χ4v) is 5.24. The molecule has 7 nitrogen and oxygen atoms in total. The molecule has 6 atom stereocenters. The van der Waals surface area contributed by atoms with E-state index in [2.05, 4.69) is 17.6 Å². The van der Waals surface area contributed by atoms with Crippen LogP contribution in [0.1, 0.15) is 64.9 Å². The molecular weight excluding hydrogens is 468 g/mol. The number of carbonyl (C=O) groups excluding carboxylic acids is 2. The van der Waals surface area contributed by atoms with Crippen molar-refractivity contribution in [2.45, 2.75) is 96.1 Å². The Morgan fingerprint density at radius 1 is 1.25 bits per heavy atom. The zero-order valence-electron chi connectivity index (χ0n) is 21.6. The predicted octanol–water partition coefficient (Wildman–Crippen LogP) is 2.94. The molecule has 2 fully saturated rings. The van der Waals surface area contributed by atoms with Crippen molar-refractivity contribution in [3.05, 3.63) is 35.4 Å². The van der Waals surface area contributed by atoms with Crippen molar-refractivity contribution in [3.63, 3.8) is 0 Å². The average Bonchev–Trinajstić information content (AvgIpc) is 3.46.